The summed E-state index contributed by atoms with van der Waals surface area (Å²) >= 11 is 0. The summed E-state index contributed by atoms with van der Waals surface area (Å²) in [6, 6.07) is 19.4. The molecule has 0 spiro atoms. The molecule has 0 bridgehead atoms. The summed E-state index contributed by atoms with van der Waals surface area (Å²) in [4.78, 5) is 38.3. The third-order valence-corrected chi connectivity index (χ3v) is 4.76. The van der Waals surface area contributed by atoms with E-state index in [0.29, 0.717) is 0 Å². The zero-order valence-electron chi connectivity index (χ0n) is 20.8. The fourth-order valence-electron chi connectivity index (χ4n) is 2.96. The molecule has 0 saturated heterocycles. The van der Waals surface area contributed by atoms with Crippen LogP contribution in [0.5, 0.6) is 0 Å². The van der Waals surface area contributed by atoms with E-state index in [1.807, 2.05) is 0 Å². The lowest BCUT2D eigenvalue weighted by Crippen LogP contribution is -2.30. The number of carbonyl (C=O) groups is 4. The summed E-state index contributed by atoms with van der Waals surface area (Å²) in [6.45, 7) is 0. The monoisotopic (exact) mass is 508 g/mol. The first-order chi connectivity index (χ1) is 17.3. The lowest BCUT2D eigenvalue weighted by molar-refractivity contribution is -0.462. The van der Waals surface area contributed by atoms with E-state index in [0.717, 1.165) is 0 Å². The third-order valence-electron chi connectivity index (χ3n) is 4.76. The van der Waals surface area contributed by atoms with Crippen LogP contribution in [-0.4, -0.2) is 77.7 Å². The quantitative estimate of drug-likeness (QED) is 0.411. The van der Waals surface area contributed by atoms with Gasteiger partial charge in [0.15, 0.2) is 11.7 Å². The molecule has 2 aromatic carbocycles. The van der Waals surface area contributed by atoms with Gasteiger partial charge < -0.3 is 30.1 Å². The number of hydrogen-bond donors (Lipinski definition) is 3. The predicted molar refractivity (Wildman–Crippen MR) is 137 cm³/mol. The first-order valence-corrected chi connectivity index (χ1v) is 10.7. The Morgan fingerprint density at radius 2 is 1.14 bits per heavy atom. The number of benzene rings is 2. The molecule has 194 valence electrons. The number of nitrogens with zero attached hydrogens (tertiary/aromatic N) is 2. The molecule has 37 heavy (non-hydrogen) atoms. The van der Waals surface area contributed by atoms with Crippen molar-refractivity contribution in [3.63, 3.8) is 0 Å². The minimum atomic E-state index is -2.07. The Labute approximate surface area is 214 Å². The lowest BCUT2D eigenvalue weighted by atomic mass is 9.90. The SMILES string of the molecule is CN(C)c1ccc(C(=C2C=CC(=[N+](C)C)C=C2)c2ccccc2)cc1.O=C(O)C(=O)O.O=C([O-])C(=O)O. The van der Waals surface area contributed by atoms with Gasteiger partial charge in [-0.05, 0) is 46.6 Å². The molecule has 0 unspecified atom stereocenters. The predicted octanol–water partition coefficient (Wildman–Crippen LogP) is 1.37. The molecule has 0 atom stereocenters. The smallest absolute Gasteiger partial charge is 0.414 e. The van der Waals surface area contributed by atoms with Gasteiger partial charge in [-0.2, -0.15) is 0 Å². The van der Waals surface area contributed by atoms with Crippen molar-refractivity contribution in [3.05, 3.63) is 95.6 Å². The number of anilines is 1. The van der Waals surface area contributed by atoms with Crippen LogP contribution in [-0.2, 0) is 19.2 Å². The van der Waals surface area contributed by atoms with E-state index in [4.69, 9.17) is 39.6 Å². The molecule has 0 aliphatic heterocycles. The summed E-state index contributed by atoms with van der Waals surface area (Å²) in [5, 5.41) is 31.1. The van der Waals surface area contributed by atoms with E-state index >= 15 is 0 Å². The molecule has 3 rings (SSSR count). The van der Waals surface area contributed by atoms with Gasteiger partial charge in [-0.25, -0.2) is 19.0 Å². The molecule has 1 aliphatic rings. The van der Waals surface area contributed by atoms with Crippen molar-refractivity contribution in [2.24, 2.45) is 0 Å². The van der Waals surface area contributed by atoms with Crippen LogP contribution in [0, 0.1) is 0 Å². The van der Waals surface area contributed by atoms with E-state index in [1.54, 1.807) is 0 Å². The molecule has 0 heterocycles. The largest absolute Gasteiger partial charge is 0.539 e. The molecular formula is C27H28N2O8. The van der Waals surface area contributed by atoms with Gasteiger partial charge >= 0.3 is 17.9 Å². The van der Waals surface area contributed by atoms with Crippen molar-refractivity contribution in [2.45, 2.75) is 0 Å². The average molecular weight is 509 g/mol. The molecule has 10 nitrogen and oxygen atoms in total. The van der Waals surface area contributed by atoms with Crippen LogP contribution in [0.3, 0.4) is 0 Å². The van der Waals surface area contributed by atoms with Gasteiger partial charge in [0.1, 0.15) is 14.1 Å². The highest BCUT2D eigenvalue weighted by atomic mass is 16.4. The first kappa shape index (κ1) is 30.0. The second-order valence-electron chi connectivity index (χ2n) is 7.83. The molecular weight excluding hydrogens is 480 g/mol. The first-order valence-electron chi connectivity index (χ1n) is 10.7. The van der Waals surface area contributed by atoms with Crippen LogP contribution in [0.15, 0.2) is 84.5 Å². The maximum absolute atomic E-state index is 9.10. The third kappa shape index (κ3) is 10.0. The van der Waals surface area contributed by atoms with Crippen LogP contribution < -0.4 is 10.0 Å². The minimum absolute atomic E-state index is 1.21. The second kappa shape index (κ2) is 14.4. The van der Waals surface area contributed by atoms with Crippen LogP contribution >= 0.6 is 0 Å². The average Bonchev–Trinajstić information content (AvgIpc) is 2.86. The van der Waals surface area contributed by atoms with E-state index in [9.17, 15) is 0 Å². The Balaban J connectivity index is 0.000000476. The van der Waals surface area contributed by atoms with Gasteiger partial charge in [0, 0.05) is 31.9 Å². The van der Waals surface area contributed by atoms with Gasteiger partial charge in [0.05, 0.1) is 0 Å². The maximum atomic E-state index is 9.10. The zero-order valence-corrected chi connectivity index (χ0v) is 20.8. The fourth-order valence-corrected chi connectivity index (χ4v) is 2.96. The van der Waals surface area contributed by atoms with E-state index in [2.05, 4.69) is 117 Å². The Hall–Kier alpha value is -4.99. The number of aliphatic carboxylic acids is 4. The molecule has 1 aliphatic carbocycles. The standard InChI is InChI=1S/C23H25N2.2C2H2O4/c1-24(2)21-14-10-19(11-15-21)23(18-8-6-5-7-9-18)20-12-16-22(17-13-20)25(3)4;2*3-1(4)2(5)6/h5-17H,1-4H3;2*(H,3,4)(H,5,6)/q+1;;/p-1. The Bertz CT molecular complexity index is 1190. The topological polar surface area (TPSA) is 158 Å². The van der Waals surface area contributed by atoms with Crippen molar-refractivity contribution < 1.29 is 44.2 Å². The summed E-state index contributed by atoms with van der Waals surface area (Å²) in [6.07, 6.45) is 8.76. The second-order valence-corrected chi connectivity index (χ2v) is 7.83. The molecule has 0 radical (unpaired) electrons. The van der Waals surface area contributed by atoms with Gasteiger partial charge in [0.25, 0.3) is 0 Å². The van der Waals surface area contributed by atoms with Crippen molar-refractivity contribution in [2.75, 3.05) is 33.1 Å². The normalized spacial score (nSPS) is 11.2. The van der Waals surface area contributed by atoms with Crippen molar-refractivity contribution in [3.8, 4) is 0 Å². The Morgan fingerprint density at radius 1 is 0.703 bits per heavy atom. The highest BCUT2D eigenvalue weighted by molar-refractivity contribution is 6.27. The number of hydrogen-bond acceptors (Lipinski definition) is 6. The van der Waals surface area contributed by atoms with Gasteiger partial charge in [-0.3, -0.25) is 0 Å². The summed E-state index contributed by atoms with van der Waals surface area (Å²) < 4.78 is 2.12. The molecule has 3 N–H and O–H groups in total. The summed E-state index contributed by atoms with van der Waals surface area (Å²) in [7, 11) is 8.27. The minimum Gasteiger partial charge on any atom is -0.539 e. The van der Waals surface area contributed by atoms with Crippen LogP contribution in [0.1, 0.15) is 11.1 Å². The lowest BCUT2D eigenvalue weighted by Gasteiger charge is -2.16. The van der Waals surface area contributed by atoms with Gasteiger partial charge in [-0.15, -0.1) is 0 Å². The molecule has 10 heteroatoms. The molecule has 0 fully saturated rings. The number of allylic oxidation sites excluding steroid dienone is 5. The molecule has 2 aromatic rings. The Morgan fingerprint density at radius 3 is 1.49 bits per heavy atom. The molecule has 0 aromatic heterocycles. The van der Waals surface area contributed by atoms with Gasteiger partial charge in [0.2, 0.25) is 0 Å². The summed E-state index contributed by atoms with van der Waals surface area (Å²) in [5.41, 5.74) is 7.37. The molecule has 0 amide bonds. The van der Waals surface area contributed by atoms with Crippen LogP contribution in [0.4, 0.5) is 5.69 Å². The van der Waals surface area contributed by atoms with Crippen molar-refractivity contribution in [1.29, 1.82) is 0 Å². The molecule has 0 saturated carbocycles. The number of carboxylic acid groups (broad SMARTS) is 4. The highest BCUT2D eigenvalue weighted by Crippen LogP contribution is 2.30. The maximum Gasteiger partial charge on any atom is 0.414 e. The summed E-state index contributed by atoms with van der Waals surface area (Å²) in [5.74, 6) is -7.66. The van der Waals surface area contributed by atoms with E-state index in [1.165, 1.54) is 33.7 Å². The zero-order chi connectivity index (χ0) is 28.1. The highest BCUT2D eigenvalue weighted by Gasteiger charge is 2.13. The number of carboxylic acids is 4. The van der Waals surface area contributed by atoms with E-state index < -0.39 is 23.9 Å². The number of carbonyl (C=O) groups excluding carboxylic acids is 1. The van der Waals surface area contributed by atoms with Gasteiger partial charge in [-0.1, -0.05) is 42.5 Å². The van der Waals surface area contributed by atoms with Crippen molar-refractivity contribution in [1.82, 2.24) is 0 Å². The number of rotatable bonds is 3. The van der Waals surface area contributed by atoms with Crippen LogP contribution in [0.2, 0.25) is 0 Å². The van der Waals surface area contributed by atoms with Crippen molar-refractivity contribution >= 4 is 40.8 Å². The van der Waals surface area contributed by atoms with E-state index in [-0.39, 0.29) is 0 Å². The Kier molecular flexibility index (Phi) is 11.7. The van der Waals surface area contributed by atoms with Crippen LogP contribution in [0.25, 0.3) is 5.57 Å². The fraction of sp³-hybridized carbons (Fsp3) is 0.148.